The van der Waals surface area contributed by atoms with Gasteiger partial charge in [0.05, 0.1) is 6.10 Å². The molecule has 0 bridgehead atoms. The molecule has 124 valence electrons. The first-order chi connectivity index (χ1) is 10.1. The molecule has 0 spiro atoms. The molecular formula is C18H36N2O. The summed E-state index contributed by atoms with van der Waals surface area (Å²) in [6.07, 6.45) is 7.30. The summed E-state index contributed by atoms with van der Waals surface area (Å²) in [4.78, 5) is 2.51. The second kappa shape index (κ2) is 8.50. The van der Waals surface area contributed by atoms with Gasteiger partial charge in [0.15, 0.2) is 0 Å². The van der Waals surface area contributed by atoms with Crippen molar-refractivity contribution < 1.29 is 5.11 Å². The number of piperidine rings is 1. The molecule has 3 heteroatoms. The van der Waals surface area contributed by atoms with Gasteiger partial charge in [-0.3, -0.25) is 0 Å². The van der Waals surface area contributed by atoms with Crippen molar-refractivity contribution in [1.82, 2.24) is 10.2 Å². The fourth-order valence-electron chi connectivity index (χ4n) is 4.17. The molecule has 3 atom stereocenters. The van der Waals surface area contributed by atoms with Crippen LogP contribution in [0.1, 0.15) is 59.3 Å². The fourth-order valence-corrected chi connectivity index (χ4v) is 4.17. The Kier molecular flexibility index (Phi) is 6.97. The molecule has 1 saturated carbocycles. The van der Waals surface area contributed by atoms with Crippen molar-refractivity contribution in [2.75, 3.05) is 26.2 Å². The van der Waals surface area contributed by atoms with E-state index < -0.39 is 0 Å². The molecule has 0 amide bonds. The van der Waals surface area contributed by atoms with Crippen LogP contribution in [-0.2, 0) is 0 Å². The Bertz CT molecular complexity index is 287. The maximum atomic E-state index is 9.54. The van der Waals surface area contributed by atoms with E-state index in [1.165, 1.54) is 32.2 Å². The minimum absolute atomic E-state index is 0.0464. The van der Waals surface area contributed by atoms with E-state index in [0.717, 1.165) is 56.3 Å². The zero-order chi connectivity index (χ0) is 15.2. The largest absolute Gasteiger partial charge is 0.393 e. The highest BCUT2D eigenvalue weighted by molar-refractivity contribution is 4.85. The Morgan fingerprint density at radius 3 is 2.52 bits per heavy atom. The SMILES string of the molecule is CC1CCC(C(C)C)C(NCCCN2CCC(O)CC2)C1. The van der Waals surface area contributed by atoms with Gasteiger partial charge in [-0.2, -0.15) is 0 Å². The summed E-state index contributed by atoms with van der Waals surface area (Å²) in [6, 6.07) is 0.733. The van der Waals surface area contributed by atoms with Crippen LogP contribution < -0.4 is 5.32 Å². The monoisotopic (exact) mass is 296 g/mol. The number of nitrogens with one attached hydrogen (secondary N) is 1. The van der Waals surface area contributed by atoms with Crippen LogP contribution in [0.3, 0.4) is 0 Å². The third-order valence-electron chi connectivity index (χ3n) is 5.64. The summed E-state index contributed by atoms with van der Waals surface area (Å²) >= 11 is 0. The summed E-state index contributed by atoms with van der Waals surface area (Å²) in [5.41, 5.74) is 0. The van der Waals surface area contributed by atoms with Gasteiger partial charge in [0.2, 0.25) is 0 Å². The minimum Gasteiger partial charge on any atom is -0.393 e. The Labute approximate surface area is 131 Å². The van der Waals surface area contributed by atoms with Crippen LogP contribution in [0, 0.1) is 17.8 Å². The predicted molar refractivity (Wildman–Crippen MR) is 89.4 cm³/mol. The zero-order valence-corrected chi connectivity index (χ0v) is 14.4. The molecule has 1 aliphatic heterocycles. The van der Waals surface area contributed by atoms with E-state index in [4.69, 9.17) is 0 Å². The quantitative estimate of drug-likeness (QED) is 0.740. The maximum absolute atomic E-state index is 9.54. The molecule has 0 radical (unpaired) electrons. The van der Waals surface area contributed by atoms with Gasteiger partial charge in [-0.25, -0.2) is 0 Å². The van der Waals surface area contributed by atoms with E-state index in [9.17, 15) is 5.11 Å². The molecule has 1 heterocycles. The number of aliphatic hydroxyl groups is 1. The topological polar surface area (TPSA) is 35.5 Å². The van der Waals surface area contributed by atoms with Crippen molar-refractivity contribution in [2.45, 2.75) is 71.4 Å². The van der Waals surface area contributed by atoms with Crippen molar-refractivity contribution in [1.29, 1.82) is 0 Å². The maximum Gasteiger partial charge on any atom is 0.0564 e. The van der Waals surface area contributed by atoms with E-state index in [-0.39, 0.29) is 6.10 Å². The lowest BCUT2D eigenvalue weighted by atomic mass is 9.74. The molecule has 2 aliphatic rings. The van der Waals surface area contributed by atoms with Gasteiger partial charge in [0, 0.05) is 19.1 Å². The highest BCUT2D eigenvalue weighted by Crippen LogP contribution is 2.33. The van der Waals surface area contributed by atoms with E-state index in [1.54, 1.807) is 0 Å². The first-order valence-electron chi connectivity index (χ1n) is 9.20. The number of hydrogen-bond acceptors (Lipinski definition) is 3. The molecule has 21 heavy (non-hydrogen) atoms. The molecule has 2 fully saturated rings. The first-order valence-corrected chi connectivity index (χ1v) is 9.20. The molecule has 2 N–H and O–H groups in total. The van der Waals surface area contributed by atoms with Crippen molar-refractivity contribution >= 4 is 0 Å². The molecule has 1 saturated heterocycles. The molecule has 3 unspecified atom stereocenters. The van der Waals surface area contributed by atoms with Crippen LogP contribution in [0.15, 0.2) is 0 Å². The fraction of sp³-hybridized carbons (Fsp3) is 1.00. The average Bonchev–Trinajstić information content (AvgIpc) is 2.45. The standard InChI is InChI=1S/C18H36N2O/c1-14(2)17-6-5-15(3)13-18(17)19-9-4-10-20-11-7-16(21)8-12-20/h14-19,21H,4-13H2,1-3H3. The number of aliphatic hydroxyl groups excluding tert-OH is 1. The molecule has 0 aromatic heterocycles. The summed E-state index contributed by atoms with van der Waals surface area (Å²) in [7, 11) is 0. The number of nitrogens with zero attached hydrogens (tertiary/aromatic N) is 1. The Morgan fingerprint density at radius 1 is 1.14 bits per heavy atom. The normalized spacial score (nSPS) is 32.7. The second-order valence-electron chi connectivity index (χ2n) is 7.81. The molecular weight excluding hydrogens is 260 g/mol. The third-order valence-corrected chi connectivity index (χ3v) is 5.64. The molecule has 3 nitrogen and oxygen atoms in total. The lowest BCUT2D eigenvalue weighted by Gasteiger charge is -2.38. The van der Waals surface area contributed by atoms with Gasteiger partial charge >= 0.3 is 0 Å². The summed E-state index contributed by atoms with van der Waals surface area (Å²) in [6.45, 7) is 11.7. The van der Waals surface area contributed by atoms with Crippen LogP contribution in [0.5, 0.6) is 0 Å². The van der Waals surface area contributed by atoms with Crippen molar-refractivity contribution in [2.24, 2.45) is 17.8 Å². The highest BCUT2D eigenvalue weighted by Gasteiger charge is 2.30. The number of rotatable bonds is 6. The van der Waals surface area contributed by atoms with E-state index in [0.29, 0.717) is 0 Å². The van der Waals surface area contributed by atoms with Gasteiger partial charge in [0.1, 0.15) is 0 Å². The summed E-state index contributed by atoms with van der Waals surface area (Å²) in [5, 5.41) is 13.4. The Morgan fingerprint density at radius 2 is 1.86 bits per heavy atom. The van der Waals surface area contributed by atoms with Gasteiger partial charge < -0.3 is 15.3 Å². The van der Waals surface area contributed by atoms with E-state index in [2.05, 4.69) is 31.0 Å². The van der Waals surface area contributed by atoms with Crippen LogP contribution in [0.25, 0.3) is 0 Å². The van der Waals surface area contributed by atoms with Crippen LogP contribution in [0.2, 0.25) is 0 Å². The second-order valence-corrected chi connectivity index (χ2v) is 7.81. The van der Waals surface area contributed by atoms with Crippen LogP contribution >= 0.6 is 0 Å². The van der Waals surface area contributed by atoms with Crippen molar-refractivity contribution in [3.63, 3.8) is 0 Å². The Balaban J connectivity index is 1.64. The lowest BCUT2D eigenvalue weighted by Crippen LogP contribution is -2.44. The molecule has 1 aliphatic carbocycles. The third kappa shape index (κ3) is 5.54. The highest BCUT2D eigenvalue weighted by atomic mass is 16.3. The van der Waals surface area contributed by atoms with Gasteiger partial charge in [-0.05, 0) is 62.9 Å². The molecule has 2 rings (SSSR count). The average molecular weight is 296 g/mol. The van der Waals surface area contributed by atoms with Crippen LogP contribution in [0.4, 0.5) is 0 Å². The molecule has 0 aromatic carbocycles. The number of hydrogen-bond donors (Lipinski definition) is 2. The Hall–Kier alpha value is -0.120. The zero-order valence-electron chi connectivity index (χ0n) is 14.4. The summed E-state index contributed by atoms with van der Waals surface area (Å²) < 4.78 is 0. The van der Waals surface area contributed by atoms with Gasteiger partial charge in [-0.1, -0.05) is 27.2 Å². The van der Waals surface area contributed by atoms with Gasteiger partial charge in [-0.15, -0.1) is 0 Å². The lowest BCUT2D eigenvalue weighted by molar-refractivity contribution is 0.0815. The van der Waals surface area contributed by atoms with Crippen LogP contribution in [-0.4, -0.2) is 48.3 Å². The van der Waals surface area contributed by atoms with E-state index in [1.807, 2.05) is 0 Å². The first kappa shape index (κ1) is 17.2. The van der Waals surface area contributed by atoms with E-state index >= 15 is 0 Å². The van der Waals surface area contributed by atoms with Crippen molar-refractivity contribution in [3.05, 3.63) is 0 Å². The van der Waals surface area contributed by atoms with Gasteiger partial charge in [0.25, 0.3) is 0 Å². The molecule has 0 aromatic rings. The minimum atomic E-state index is -0.0464. The predicted octanol–water partition coefficient (Wildman–Crippen LogP) is 2.88. The van der Waals surface area contributed by atoms with Crippen molar-refractivity contribution in [3.8, 4) is 0 Å². The summed E-state index contributed by atoms with van der Waals surface area (Å²) in [5.74, 6) is 2.56. The smallest absolute Gasteiger partial charge is 0.0564 e. The number of likely N-dealkylation sites (tertiary alicyclic amines) is 1.